The van der Waals surface area contributed by atoms with Gasteiger partial charge in [0.1, 0.15) is 18.1 Å². The van der Waals surface area contributed by atoms with Crippen LogP contribution < -0.4 is 14.4 Å². The summed E-state index contributed by atoms with van der Waals surface area (Å²) >= 11 is 0. The molecule has 188 valence electrons. The predicted octanol–water partition coefficient (Wildman–Crippen LogP) is 4.39. The minimum absolute atomic E-state index is 0.0292. The number of nitrogens with zero attached hydrogens (tertiary/aromatic N) is 7. The minimum atomic E-state index is -0.461. The number of hydrogen-bond acceptors (Lipinski definition) is 9. The Labute approximate surface area is 211 Å². The highest BCUT2D eigenvalue weighted by Gasteiger charge is 2.29. The Bertz CT molecular complexity index is 1310. The molecule has 0 spiro atoms. The molecule has 36 heavy (non-hydrogen) atoms. The first-order valence-corrected chi connectivity index (χ1v) is 11.5. The fourth-order valence-corrected chi connectivity index (χ4v) is 4.13. The first-order valence-electron chi connectivity index (χ1n) is 11.5. The van der Waals surface area contributed by atoms with Crippen LogP contribution >= 0.6 is 0 Å². The molecule has 3 heterocycles. The number of allylic oxidation sites excluding steroid dienone is 1. The largest absolute Gasteiger partial charge is 0.497 e. The molecule has 10 nitrogen and oxygen atoms in total. The average molecular weight is 490 g/mol. The molecule has 2 atom stereocenters. The molecule has 2 unspecified atom stereocenters. The third-order valence-electron chi connectivity index (χ3n) is 6.07. The van der Waals surface area contributed by atoms with Crippen molar-refractivity contribution in [2.24, 2.45) is 9.98 Å². The highest BCUT2D eigenvalue weighted by Crippen LogP contribution is 2.38. The van der Waals surface area contributed by atoms with Crippen LogP contribution in [0.2, 0.25) is 0 Å². The number of hydrogen-bond donors (Lipinski definition) is 0. The van der Waals surface area contributed by atoms with Gasteiger partial charge in [0.05, 0.1) is 38.5 Å². The number of methoxy groups -OCH3 is 2. The first-order chi connectivity index (χ1) is 17.3. The van der Waals surface area contributed by atoms with Crippen molar-refractivity contribution in [3.63, 3.8) is 0 Å². The van der Waals surface area contributed by atoms with Crippen molar-refractivity contribution >= 4 is 24.2 Å². The molecule has 0 N–H and O–H groups in total. The highest BCUT2D eigenvalue weighted by atomic mass is 16.5. The number of fused-ring (bicyclic) bond motifs is 1. The molecule has 1 aliphatic heterocycles. The number of ether oxygens (including phenoxy) is 3. The molecule has 1 aromatic carbocycles. The van der Waals surface area contributed by atoms with E-state index in [4.69, 9.17) is 19.2 Å². The molecule has 3 aromatic rings. The second-order valence-corrected chi connectivity index (χ2v) is 8.54. The van der Waals surface area contributed by atoms with E-state index in [1.807, 2.05) is 49.9 Å². The van der Waals surface area contributed by atoms with Crippen LogP contribution in [0, 0.1) is 13.8 Å². The fraction of sp³-hybridized carbons (Fsp3) is 0.346. The summed E-state index contributed by atoms with van der Waals surface area (Å²) < 4.78 is 18.9. The Morgan fingerprint density at radius 3 is 2.75 bits per heavy atom. The standard InChI is InChI=1S/C26H31N7O3/c1-16-8-9-19(34-6)11-20(16)21-14-36-23-12-28-26(31-25(23)32(21)5)30-17(2)10-22(35-7)24(27-4)33-13-18(3)29-15-33/h8-13,15,21,24H,4,14H2,1-3,5-7H3/b22-10+,30-17?. The first kappa shape index (κ1) is 24.9. The predicted molar refractivity (Wildman–Crippen MR) is 140 cm³/mol. The molecule has 0 bridgehead atoms. The Balaban J connectivity index is 1.62. The van der Waals surface area contributed by atoms with Crippen LogP contribution in [0.1, 0.15) is 36.0 Å². The zero-order chi connectivity index (χ0) is 25.8. The van der Waals surface area contributed by atoms with Crippen LogP contribution in [-0.4, -0.2) is 59.8 Å². The summed E-state index contributed by atoms with van der Waals surface area (Å²) in [6.07, 6.45) is 6.55. The molecule has 0 saturated heterocycles. The number of anilines is 1. The second kappa shape index (κ2) is 10.6. The summed E-state index contributed by atoms with van der Waals surface area (Å²) in [5.41, 5.74) is 3.80. The van der Waals surface area contributed by atoms with E-state index >= 15 is 0 Å². The van der Waals surface area contributed by atoms with Crippen LogP contribution in [0.4, 0.5) is 11.8 Å². The van der Waals surface area contributed by atoms with Gasteiger partial charge >= 0.3 is 0 Å². The minimum Gasteiger partial charge on any atom is -0.497 e. The molecule has 10 heteroatoms. The van der Waals surface area contributed by atoms with Gasteiger partial charge in [0.25, 0.3) is 5.95 Å². The Morgan fingerprint density at radius 1 is 1.28 bits per heavy atom. The van der Waals surface area contributed by atoms with E-state index in [1.165, 1.54) is 0 Å². The molecule has 0 amide bonds. The van der Waals surface area contributed by atoms with Gasteiger partial charge in [-0.05, 0) is 50.7 Å². The molecular weight excluding hydrogens is 458 g/mol. The fourth-order valence-electron chi connectivity index (χ4n) is 4.13. The Kier molecular flexibility index (Phi) is 7.33. The molecule has 0 fully saturated rings. The van der Waals surface area contributed by atoms with Gasteiger partial charge in [0.15, 0.2) is 17.7 Å². The van der Waals surface area contributed by atoms with Crippen molar-refractivity contribution in [2.75, 3.05) is 32.8 Å². The van der Waals surface area contributed by atoms with Gasteiger partial charge in [0.2, 0.25) is 0 Å². The molecule has 1 aliphatic rings. The van der Waals surface area contributed by atoms with Crippen molar-refractivity contribution in [1.82, 2.24) is 19.5 Å². The number of benzene rings is 1. The van der Waals surface area contributed by atoms with E-state index in [9.17, 15) is 0 Å². The molecular formula is C26H31N7O3. The van der Waals surface area contributed by atoms with Crippen LogP contribution in [-0.2, 0) is 4.74 Å². The quantitative estimate of drug-likeness (QED) is 0.342. The maximum Gasteiger partial charge on any atom is 0.251 e. The zero-order valence-corrected chi connectivity index (χ0v) is 21.5. The topological polar surface area (TPSA) is 99.3 Å². The van der Waals surface area contributed by atoms with Crippen molar-refractivity contribution in [3.05, 3.63) is 65.6 Å². The molecule has 2 aromatic heterocycles. The number of rotatable bonds is 8. The van der Waals surface area contributed by atoms with E-state index in [1.54, 1.807) is 32.8 Å². The number of likely N-dealkylation sites (N-methyl/N-ethyl adjacent to an activating group) is 1. The summed E-state index contributed by atoms with van der Waals surface area (Å²) in [6.45, 7) is 10.0. The van der Waals surface area contributed by atoms with E-state index < -0.39 is 6.17 Å². The van der Waals surface area contributed by atoms with Crippen LogP contribution in [0.25, 0.3) is 0 Å². The van der Waals surface area contributed by atoms with E-state index in [0.29, 0.717) is 35.6 Å². The summed E-state index contributed by atoms with van der Waals surface area (Å²) in [7, 11) is 5.25. The smallest absolute Gasteiger partial charge is 0.251 e. The number of aromatic nitrogens is 4. The van der Waals surface area contributed by atoms with Gasteiger partial charge in [0, 0.05) is 25.0 Å². The van der Waals surface area contributed by atoms with Gasteiger partial charge in [-0.25, -0.2) is 15.0 Å². The number of aryl methyl sites for hydroxylation is 2. The van der Waals surface area contributed by atoms with Crippen LogP contribution in [0.3, 0.4) is 0 Å². The van der Waals surface area contributed by atoms with Gasteiger partial charge in [-0.15, -0.1) is 0 Å². The Morgan fingerprint density at radius 2 is 2.08 bits per heavy atom. The molecule has 0 aliphatic carbocycles. The lowest BCUT2D eigenvalue weighted by atomic mass is 9.99. The van der Waals surface area contributed by atoms with E-state index in [2.05, 4.69) is 38.5 Å². The maximum atomic E-state index is 6.01. The molecule has 4 rings (SSSR count). The average Bonchev–Trinajstić information content (AvgIpc) is 3.30. The summed E-state index contributed by atoms with van der Waals surface area (Å²) in [6, 6.07) is 6.01. The SMILES string of the molecule is C=NC(/C(=C\C(C)=Nc1ncc2c(n1)N(C)C(c1cc(OC)ccc1C)CO2)OC)n1cnc(C)c1. The van der Waals surface area contributed by atoms with E-state index in [-0.39, 0.29) is 6.04 Å². The number of aliphatic imine (C=N–C) groups is 2. The molecule has 0 radical (unpaired) electrons. The number of imidazole rings is 1. The highest BCUT2D eigenvalue weighted by molar-refractivity contribution is 5.94. The van der Waals surface area contributed by atoms with Gasteiger partial charge in [-0.1, -0.05) is 6.07 Å². The summed E-state index contributed by atoms with van der Waals surface area (Å²) in [5.74, 6) is 2.97. The van der Waals surface area contributed by atoms with Gasteiger partial charge in [-0.3, -0.25) is 4.99 Å². The third kappa shape index (κ3) is 5.07. The Hall–Kier alpha value is -4.21. The van der Waals surface area contributed by atoms with Crippen molar-refractivity contribution < 1.29 is 14.2 Å². The van der Waals surface area contributed by atoms with Crippen molar-refractivity contribution in [2.45, 2.75) is 33.0 Å². The van der Waals surface area contributed by atoms with Gasteiger partial charge < -0.3 is 23.7 Å². The second-order valence-electron chi connectivity index (χ2n) is 8.54. The molecule has 0 saturated carbocycles. The van der Waals surface area contributed by atoms with Crippen LogP contribution in [0.15, 0.2) is 58.7 Å². The van der Waals surface area contributed by atoms with Crippen molar-refractivity contribution in [1.29, 1.82) is 0 Å². The zero-order valence-electron chi connectivity index (χ0n) is 21.5. The monoisotopic (exact) mass is 489 g/mol. The summed E-state index contributed by atoms with van der Waals surface area (Å²) in [5, 5.41) is 0. The third-order valence-corrected chi connectivity index (χ3v) is 6.07. The lowest BCUT2D eigenvalue weighted by Crippen LogP contribution is -2.34. The maximum absolute atomic E-state index is 6.01. The van der Waals surface area contributed by atoms with Gasteiger partial charge in [-0.2, -0.15) is 4.98 Å². The summed E-state index contributed by atoms with van der Waals surface area (Å²) in [4.78, 5) is 24.2. The van der Waals surface area contributed by atoms with E-state index in [0.717, 1.165) is 22.6 Å². The van der Waals surface area contributed by atoms with Crippen LogP contribution in [0.5, 0.6) is 11.5 Å². The lowest BCUT2D eigenvalue weighted by molar-refractivity contribution is 0.245. The van der Waals surface area contributed by atoms with Crippen molar-refractivity contribution in [3.8, 4) is 11.5 Å². The normalized spacial score (nSPS) is 16.7. The lowest BCUT2D eigenvalue weighted by Gasteiger charge is -2.35.